The van der Waals surface area contributed by atoms with E-state index in [2.05, 4.69) is 5.32 Å². The lowest BCUT2D eigenvalue weighted by atomic mass is 10.0. The lowest BCUT2D eigenvalue weighted by molar-refractivity contribution is -0.140. The Balaban J connectivity index is 1.84. The Labute approximate surface area is 284 Å². The lowest BCUT2D eigenvalue weighted by Crippen LogP contribution is -2.54. The molecule has 0 saturated heterocycles. The number of aryl methyl sites for hydroxylation is 1. The third-order valence-electron chi connectivity index (χ3n) is 7.89. The fourth-order valence-electron chi connectivity index (χ4n) is 4.99. The van der Waals surface area contributed by atoms with Crippen LogP contribution in [-0.2, 0) is 38.8 Å². The molecule has 0 saturated carbocycles. The summed E-state index contributed by atoms with van der Waals surface area (Å²) in [5.74, 6) is -1.25. The summed E-state index contributed by atoms with van der Waals surface area (Å²) in [7, 11) is -4.57. The molecule has 2 amide bonds. The van der Waals surface area contributed by atoms with Gasteiger partial charge in [0.25, 0.3) is 10.0 Å². The summed E-state index contributed by atoms with van der Waals surface area (Å²) in [4.78, 5) is 29.4. The van der Waals surface area contributed by atoms with Crippen molar-refractivity contribution in [2.24, 2.45) is 0 Å². The first-order chi connectivity index (χ1) is 22.7. The van der Waals surface area contributed by atoms with Crippen LogP contribution in [0.15, 0.2) is 108 Å². The van der Waals surface area contributed by atoms with E-state index in [0.717, 1.165) is 23.3 Å². The van der Waals surface area contributed by atoms with Crippen LogP contribution in [0.1, 0.15) is 42.5 Å². The van der Waals surface area contributed by atoms with Gasteiger partial charge in [0.2, 0.25) is 11.8 Å². The molecular formula is C36H37ClF3N3O4S. The highest BCUT2D eigenvalue weighted by Gasteiger charge is 2.36. The van der Waals surface area contributed by atoms with Crippen molar-refractivity contribution in [1.82, 2.24) is 10.2 Å². The quantitative estimate of drug-likeness (QED) is 0.157. The number of amides is 2. The Hall–Kier alpha value is -4.35. The maximum Gasteiger partial charge on any atom is 0.416 e. The Morgan fingerprint density at radius 2 is 1.52 bits per heavy atom. The first kappa shape index (κ1) is 36.5. The minimum absolute atomic E-state index is 0.0940. The van der Waals surface area contributed by atoms with Gasteiger partial charge in [0.1, 0.15) is 12.6 Å². The van der Waals surface area contributed by atoms with Gasteiger partial charge in [-0.05, 0) is 73.9 Å². The molecule has 0 radical (unpaired) electrons. The van der Waals surface area contributed by atoms with Crippen molar-refractivity contribution >= 4 is 39.1 Å². The number of nitrogens with one attached hydrogen (secondary N) is 1. The topological polar surface area (TPSA) is 86.8 Å². The molecule has 0 aliphatic carbocycles. The number of nitrogens with zero attached hydrogens (tertiary/aromatic N) is 2. The summed E-state index contributed by atoms with van der Waals surface area (Å²) >= 11 is 6.11. The molecule has 4 aromatic carbocycles. The van der Waals surface area contributed by atoms with E-state index in [4.69, 9.17) is 11.6 Å². The molecule has 0 aromatic heterocycles. The minimum atomic E-state index is -4.77. The SMILES string of the molecule is CC[C@H](C)NC(=O)[C@H](Cc1ccccc1)N(Cc1ccc(Cl)cc1)C(=O)CN(c1cccc(C(F)(F)F)c1)S(=O)(=O)c1ccc(C)cc1. The van der Waals surface area contributed by atoms with Gasteiger partial charge in [-0.15, -0.1) is 0 Å². The molecule has 7 nitrogen and oxygen atoms in total. The Bertz CT molecular complexity index is 1800. The van der Waals surface area contributed by atoms with Gasteiger partial charge >= 0.3 is 6.18 Å². The molecule has 12 heteroatoms. The van der Waals surface area contributed by atoms with Crippen molar-refractivity contribution in [3.05, 3.63) is 130 Å². The van der Waals surface area contributed by atoms with Crippen molar-refractivity contribution in [1.29, 1.82) is 0 Å². The maximum absolute atomic E-state index is 14.5. The van der Waals surface area contributed by atoms with Gasteiger partial charge in [0.05, 0.1) is 16.1 Å². The molecule has 4 aromatic rings. The van der Waals surface area contributed by atoms with E-state index in [1.165, 1.54) is 23.1 Å². The van der Waals surface area contributed by atoms with Crippen LogP contribution in [-0.4, -0.2) is 43.8 Å². The zero-order valence-corrected chi connectivity index (χ0v) is 28.3. The predicted molar refractivity (Wildman–Crippen MR) is 181 cm³/mol. The molecule has 0 heterocycles. The molecule has 254 valence electrons. The van der Waals surface area contributed by atoms with Crippen molar-refractivity contribution in [2.75, 3.05) is 10.8 Å². The Morgan fingerprint density at radius 1 is 0.875 bits per heavy atom. The molecule has 0 aliphatic heterocycles. The van der Waals surface area contributed by atoms with Gasteiger partial charge in [-0.2, -0.15) is 13.2 Å². The third-order valence-corrected chi connectivity index (χ3v) is 9.93. The van der Waals surface area contributed by atoms with E-state index in [0.29, 0.717) is 27.4 Å². The molecule has 0 unspecified atom stereocenters. The summed E-state index contributed by atoms with van der Waals surface area (Å²) in [6, 6.07) is 23.9. The number of carbonyl (C=O) groups excluding carboxylic acids is 2. The van der Waals surface area contributed by atoms with Gasteiger partial charge < -0.3 is 10.2 Å². The second-order valence-corrected chi connectivity index (χ2v) is 13.8. The molecule has 4 rings (SSSR count). The van der Waals surface area contributed by atoms with E-state index in [1.807, 2.05) is 32.0 Å². The first-order valence-corrected chi connectivity index (χ1v) is 17.2. The number of hydrogen-bond acceptors (Lipinski definition) is 4. The molecule has 0 spiro atoms. The lowest BCUT2D eigenvalue weighted by Gasteiger charge is -2.34. The van der Waals surface area contributed by atoms with Crippen LogP contribution in [0, 0.1) is 6.92 Å². The fourth-order valence-corrected chi connectivity index (χ4v) is 6.52. The van der Waals surface area contributed by atoms with Crippen LogP contribution >= 0.6 is 11.6 Å². The molecule has 2 atom stereocenters. The summed E-state index contributed by atoms with van der Waals surface area (Å²) < 4.78 is 70.3. The number of hydrogen-bond donors (Lipinski definition) is 1. The second kappa shape index (κ2) is 15.7. The second-order valence-electron chi connectivity index (χ2n) is 11.5. The number of carbonyl (C=O) groups is 2. The number of alkyl halides is 3. The summed E-state index contributed by atoms with van der Waals surface area (Å²) in [6.07, 6.45) is -4.06. The summed E-state index contributed by atoms with van der Waals surface area (Å²) in [5.41, 5.74) is 0.686. The molecule has 0 fully saturated rings. The van der Waals surface area contributed by atoms with Crippen LogP contribution in [0.25, 0.3) is 0 Å². The van der Waals surface area contributed by atoms with Gasteiger partial charge in [-0.25, -0.2) is 8.42 Å². The summed E-state index contributed by atoms with van der Waals surface area (Å²) in [5, 5.41) is 3.39. The van der Waals surface area contributed by atoms with Crippen LogP contribution in [0.4, 0.5) is 18.9 Å². The van der Waals surface area contributed by atoms with Crippen LogP contribution < -0.4 is 9.62 Å². The predicted octanol–water partition coefficient (Wildman–Crippen LogP) is 7.42. The van der Waals surface area contributed by atoms with E-state index in [1.54, 1.807) is 55.5 Å². The average molecular weight is 700 g/mol. The number of anilines is 1. The number of sulfonamides is 1. The number of rotatable bonds is 13. The van der Waals surface area contributed by atoms with Crippen molar-refractivity contribution in [2.45, 2.75) is 63.3 Å². The molecular weight excluding hydrogens is 663 g/mol. The Morgan fingerprint density at radius 3 is 2.12 bits per heavy atom. The van der Waals surface area contributed by atoms with Gasteiger partial charge in [0, 0.05) is 24.0 Å². The van der Waals surface area contributed by atoms with Crippen LogP contribution in [0.3, 0.4) is 0 Å². The van der Waals surface area contributed by atoms with Gasteiger partial charge in [-0.1, -0.05) is 84.8 Å². The largest absolute Gasteiger partial charge is 0.416 e. The smallest absolute Gasteiger partial charge is 0.352 e. The standard InChI is InChI=1S/C36H37ClF3N3O4S/c1-4-26(3)41-35(45)33(21-27-9-6-5-7-10-27)42(23-28-15-17-30(37)18-16-28)34(44)24-43(31-12-8-11-29(22-31)36(38,39)40)48(46,47)32-19-13-25(2)14-20-32/h5-20,22,26,33H,4,21,23-24H2,1-3H3,(H,41,45)/t26-,33-/m0/s1. The molecule has 48 heavy (non-hydrogen) atoms. The zero-order chi connectivity index (χ0) is 35.1. The fraction of sp³-hybridized carbons (Fsp3) is 0.278. The highest BCUT2D eigenvalue weighted by Crippen LogP contribution is 2.33. The first-order valence-electron chi connectivity index (χ1n) is 15.3. The average Bonchev–Trinajstić information content (AvgIpc) is 3.06. The highest BCUT2D eigenvalue weighted by atomic mass is 35.5. The van der Waals surface area contributed by atoms with E-state index >= 15 is 0 Å². The highest BCUT2D eigenvalue weighted by molar-refractivity contribution is 7.92. The van der Waals surface area contributed by atoms with Crippen molar-refractivity contribution in [3.63, 3.8) is 0 Å². The van der Waals surface area contributed by atoms with Gasteiger partial charge in [0.15, 0.2) is 0 Å². The summed E-state index contributed by atoms with van der Waals surface area (Å²) in [6.45, 7) is 4.49. The third kappa shape index (κ3) is 9.38. The zero-order valence-electron chi connectivity index (χ0n) is 26.7. The number of halogens is 4. The molecule has 0 aliphatic rings. The van der Waals surface area contributed by atoms with Crippen molar-refractivity contribution < 1.29 is 31.2 Å². The minimum Gasteiger partial charge on any atom is -0.352 e. The molecule has 1 N–H and O–H groups in total. The van der Waals surface area contributed by atoms with Gasteiger partial charge in [-0.3, -0.25) is 13.9 Å². The normalized spacial score (nSPS) is 13.0. The van der Waals surface area contributed by atoms with Crippen LogP contribution in [0.5, 0.6) is 0 Å². The number of benzene rings is 4. The molecule has 0 bridgehead atoms. The monoisotopic (exact) mass is 699 g/mol. The maximum atomic E-state index is 14.5. The van der Waals surface area contributed by atoms with E-state index < -0.39 is 46.2 Å². The Kier molecular flexibility index (Phi) is 11.9. The van der Waals surface area contributed by atoms with E-state index in [9.17, 15) is 31.2 Å². The van der Waals surface area contributed by atoms with Crippen molar-refractivity contribution in [3.8, 4) is 0 Å². The van der Waals surface area contributed by atoms with E-state index in [-0.39, 0.29) is 29.6 Å². The van der Waals surface area contributed by atoms with Crippen LogP contribution in [0.2, 0.25) is 5.02 Å².